The molecular weight excluding hydrogens is 179 g/mol. The lowest BCUT2D eigenvalue weighted by Gasteiger charge is -2.15. The monoisotopic (exact) mass is 194 g/mol. The summed E-state index contributed by atoms with van der Waals surface area (Å²) in [6.07, 6.45) is 4.05. The summed E-state index contributed by atoms with van der Waals surface area (Å²) in [4.78, 5) is 4.03. The predicted octanol–water partition coefficient (Wildman–Crippen LogP) is 2.45. The Labute approximate surface area is 83.9 Å². The molecule has 1 unspecified atom stereocenters. The third-order valence-corrected chi connectivity index (χ3v) is 1.97. The first kappa shape index (κ1) is 10.9. The van der Waals surface area contributed by atoms with E-state index in [-0.39, 0.29) is 11.9 Å². The highest BCUT2D eigenvalue weighted by Crippen LogP contribution is 2.17. The van der Waals surface area contributed by atoms with E-state index in [2.05, 4.69) is 16.9 Å². The number of hydrogen-bond donors (Lipinski definition) is 1. The summed E-state index contributed by atoms with van der Waals surface area (Å²) in [6, 6.07) is 2.95. The van der Waals surface area contributed by atoms with Crippen LogP contribution in [0.25, 0.3) is 0 Å². The highest BCUT2D eigenvalue weighted by molar-refractivity contribution is 5.12. The van der Waals surface area contributed by atoms with Crippen molar-refractivity contribution in [3.8, 4) is 0 Å². The summed E-state index contributed by atoms with van der Waals surface area (Å²) in [7, 11) is 0. The van der Waals surface area contributed by atoms with Crippen molar-refractivity contribution in [2.45, 2.75) is 19.4 Å². The molecule has 0 bridgehead atoms. The van der Waals surface area contributed by atoms with Crippen molar-refractivity contribution >= 4 is 0 Å². The van der Waals surface area contributed by atoms with Crippen molar-refractivity contribution in [2.24, 2.45) is 0 Å². The number of hydrogen-bond acceptors (Lipinski definition) is 2. The zero-order valence-corrected chi connectivity index (χ0v) is 8.33. The largest absolute Gasteiger partial charge is 0.309 e. The summed E-state index contributed by atoms with van der Waals surface area (Å²) in [5, 5.41) is 3.17. The summed E-state index contributed by atoms with van der Waals surface area (Å²) in [5.74, 6) is -0.264. The third kappa shape index (κ3) is 2.64. The molecule has 0 aromatic carbocycles. The van der Waals surface area contributed by atoms with Gasteiger partial charge in [-0.1, -0.05) is 13.0 Å². The van der Waals surface area contributed by atoms with Crippen LogP contribution in [0, 0.1) is 5.82 Å². The van der Waals surface area contributed by atoms with Gasteiger partial charge in [0.25, 0.3) is 0 Å². The van der Waals surface area contributed by atoms with Gasteiger partial charge in [0.05, 0.1) is 11.7 Å². The smallest absolute Gasteiger partial charge is 0.146 e. The first-order valence-corrected chi connectivity index (χ1v) is 4.74. The third-order valence-electron chi connectivity index (χ3n) is 1.97. The normalized spacial score (nSPS) is 12.4. The minimum Gasteiger partial charge on any atom is -0.309 e. The van der Waals surface area contributed by atoms with Gasteiger partial charge < -0.3 is 5.32 Å². The fraction of sp³-hybridized carbons (Fsp3) is 0.364. The van der Waals surface area contributed by atoms with E-state index in [4.69, 9.17) is 0 Å². The summed E-state index contributed by atoms with van der Waals surface area (Å²) in [6.45, 7) is 6.42. The minimum absolute atomic E-state index is 0.0706. The molecule has 0 saturated carbocycles. The second kappa shape index (κ2) is 5.50. The van der Waals surface area contributed by atoms with Gasteiger partial charge in [0.15, 0.2) is 0 Å². The van der Waals surface area contributed by atoms with Crippen LogP contribution in [0.4, 0.5) is 4.39 Å². The molecule has 0 fully saturated rings. The minimum atomic E-state index is -0.264. The molecule has 0 saturated heterocycles. The van der Waals surface area contributed by atoms with Gasteiger partial charge in [-0.2, -0.15) is 0 Å². The quantitative estimate of drug-likeness (QED) is 0.728. The van der Waals surface area contributed by atoms with Gasteiger partial charge in [0.1, 0.15) is 5.82 Å². The van der Waals surface area contributed by atoms with Gasteiger partial charge in [-0.25, -0.2) is 4.39 Å². The highest BCUT2D eigenvalue weighted by atomic mass is 19.1. The Balaban J connectivity index is 2.86. The van der Waals surface area contributed by atoms with Gasteiger partial charge in [-0.05, 0) is 25.1 Å². The molecule has 2 nitrogen and oxygen atoms in total. The Hall–Kier alpha value is -1.22. The molecule has 1 aromatic rings. The molecule has 0 amide bonds. The summed E-state index contributed by atoms with van der Waals surface area (Å²) >= 11 is 0. The molecule has 0 aliphatic heterocycles. The van der Waals surface area contributed by atoms with Crippen molar-refractivity contribution < 1.29 is 4.39 Å². The SMILES string of the molecule is C=CCC(NCC)c1ncccc1F. The lowest BCUT2D eigenvalue weighted by atomic mass is 10.1. The van der Waals surface area contributed by atoms with Gasteiger partial charge in [0, 0.05) is 6.20 Å². The first-order valence-electron chi connectivity index (χ1n) is 4.74. The molecule has 1 heterocycles. The number of rotatable bonds is 5. The van der Waals surface area contributed by atoms with Crippen LogP contribution < -0.4 is 5.32 Å². The topological polar surface area (TPSA) is 24.9 Å². The van der Waals surface area contributed by atoms with Crippen LogP contribution in [0.3, 0.4) is 0 Å². The van der Waals surface area contributed by atoms with Crippen LogP contribution in [0.1, 0.15) is 25.1 Å². The molecular formula is C11H15FN2. The molecule has 1 N–H and O–H groups in total. The summed E-state index contributed by atoms with van der Waals surface area (Å²) < 4.78 is 13.3. The fourth-order valence-electron chi connectivity index (χ4n) is 1.36. The zero-order chi connectivity index (χ0) is 10.4. The Morgan fingerprint density at radius 1 is 1.71 bits per heavy atom. The van der Waals surface area contributed by atoms with Crippen LogP contribution in [-0.4, -0.2) is 11.5 Å². The standard InChI is InChI=1S/C11H15FN2/c1-3-6-10(13-4-2)11-9(12)7-5-8-14-11/h3,5,7-8,10,13H,1,4,6H2,2H3. The lowest BCUT2D eigenvalue weighted by Crippen LogP contribution is -2.22. The van der Waals surface area contributed by atoms with Gasteiger partial charge in [-0.15, -0.1) is 6.58 Å². The van der Waals surface area contributed by atoms with E-state index in [0.29, 0.717) is 12.1 Å². The highest BCUT2D eigenvalue weighted by Gasteiger charge is 2.13. The Morgan fingerprint density at radius 2 is 2.50 bits per heavy atom. The maximum atomic E-state index is 13.3. The molecule has 1 aromatic heterocycles. The molecule has 3 heteroatoms. The van der Waals surface area contributed by atoms with E-state index in [1.165, 1.54) is 6.07 Å². The van der Waals surface area contributed by atoms with Gasteiger partial charge >= 0.3 is 0 Å². The predicted molar refractivity (Wildman–Crippen MR) is 55.4 cm³/mol. The van der Waals surface area contributed by atoms with Crippen molar-refractivity contribution in [3.05, 3.63) is 42.5 Å². The van der Waals surface area contributed by atoms with Crippen LogP contribution in [-0.2, 0) is 0 Å². The molecule has 0 aliphatic rings. The Morgan fingerprint density at radius 3 is 3.07 bits per heavy atom. The van der Waals surface area contributed by atoms with Crippen LogP contribution in [0.2, 0.25) is 0 Å². The van der Waals surface area contributed by atoms with Crippen LogP contribution >= 0.6 is 0 Å². The number of nitrogens with one attached hydrogen (secondary N) is 1. The van der Waals surface area contributed by atoms with Gasteiger partial charge in [0.2, 0.25) is 0 Å². The molecule has 14 heavy (non-hydrogen) atoms. The van der Waals surface area contributed by atoms with E-state index < -0.39 is 0 Å². The zero-order valence-electron chi connectivity index (χ0n) is 8.33. The number of halogens is 1. The van der Waals surface area contributed by atoms with Crippen LogP contribution in [0.15, 0.2) is 31.0 Å². The van der Waals surface area contributed by atoms with E-state index in [0.717, 1.165) is 6.54 Å². The van der Waals surface area contributed by atoms with E-state index >= 15 is 0 Å². The van der Waals surface area contributed by atoms with E-state index in [9.17, 15) is 4.39 Å². The van der Waals surface area contributed by atoms with E-state index in [1.807, 2.05) is 6.92 Å². The van der Waals surface area contributed by atoms with Crippen molar-refractivity contribution in [1.29, 1.82) is 0 Å². The Bertz CT molecular complexity index is 299. The maximum absolute atomic E-state index is 13.3. The molecule has 0 aliphatic carbocycles. The first-order chi connectivity index (χ1) is 6.79. The number of pyridine rings is 1. The molecule has 76 valence electrons. The van der Waals surface area contributed by atoms with Crippen molar-refractivity contribution in [2.75, 3.05) is 6.54 Å². The molecule has 1 atom stereocenters. The second-order valence-electron chi connectivity index (χ2n) is 3.01. The van der Waals surface area contributed by atoms with Gasteiger partial charge in [-0.3, -0.25) is 4.98 Å². The van der Waals surface area contributed by atoms with E-state index in [1.54, 1.807) is 18.3 Å². The van der Waals surface area contributed by atoms with Crippen LogP contribution in [0.5, 0.6) is 0 Å². The van der Waals surface area contributed by atoms with Crippen molar-refractivity contribution in [1.82, 2.24) is 10.3 Å². The number of aromatic nitrogens is 1. The Kier molecular flexibility index (Phi) is 4.26. The average molecular weight is 194 g/mol. The second-order valence-corrected chi connectivity index (χ2v) is 3.01. The molecule has 0 radical (unpaired) electrons. The molecule has 0 spiro atoms. The van der Waals surface area contributed by atoms with Crippen molar-refractivity contribution in [3.63, 3.8) is 0 Å². The maximum Gasteiger partial charge on any atom is 0.146 e. The number of nitrogens with zero attached hydrogens (tertiary/aromatic N) is 1. The molecule has 1 rings (SSSR count). The fourth-order valence-corrected chi connectivity index (χ4v) is 1.36. The lowest BCUT2D eigenvalue weighted by molar-refractivity contribution is 0.500. The summed E-state index contributed by atoms with van der Waals surface area (Å²) in [5.41, 5.74) is 0.467. The average Bonchev–Trinajstić information content (AvgIpc) is 2.18.